The van der Waals surface area contributed by atoms with Crippen molar-refractivity contribution < 1.29 is 4.79 Å². The number of amides is 1. The number of rotatable bonds is 5. The lowest BCUT2D eigenvalue weighted by atomic mass is 10.3. The van der Waals surface area contributed by atoms with Crippen molar-refractivity contribution in [3.63, 3.8) is 0 Å². The van der Waals surface area contributed by atoms with Crippen LogP contribution in [0.1, 0.15) is 23.2 Å². The molecule has 1 aromatic rings. The SMILES string of the molecule is NCCCCNC(=O)c1cc(Cl)sc1Cl. The molecular weight excluding hydrogens is 255 g/mol. The molecule has 84 valence electrons. The monoisotopic (exact) mass is 266 g/mol. The third-order valence-corrected chi connectivity index (χ3v) is 3.31. The second-order valence-corrected chi connectivity index (χ2v) is 5.28. The number of nitrogens with two attached hydrogens (primary N) is 1. The molecule has 6 heteroatoms. The summed E-state index contributed by atoms with van der Waals surface area (Å²) in [5.74, 6) is -0.180. The molecule has 1 amide bonds. The van der Waals surface area contributed by atoms with Gasteiger partial charge >= 0.3 is 0 Å². The average molecular weight is 267 g/mol. The zero-order valence-corrected chi connectivity index (χ0v) is 10.4. The first-order valence-electron chi connectivity index (χ1n) is 4.58. The fraction of sp³-hybridized carbons (Fsp3) is 0.444. The van der Waals surface area contributed by atoms with Gasteiger partial charge in [0.1, 0.15) is 4.34 Å². The molecule has 1 rings (SSSR count). The maximum absolute atomic E-state index is 11.6. The van der Waals surface area contributed by atoms with E-state index in [-0.39, 0.29) is 5.91 Å². The van der Waals surface area contributed by atoms with E-state index < -0.39 is 0 Å². The van der Waals surface area contributed by atoms with Crippen LogP contribution < -0.4 is 11.1 Å². The van der Waals surface area contributed by atoms with Crippen LogP contribution in [0.3, 0.4) is 0 Å². The third kappa shape index (κ3) is 3.99. The maximum atomic E-state index is 11.6. The number of hydrogen-bond donors (Lipinski definition) is 2. The Morgan fingerprint density at radius 2 is 2.20 bits per heavy atom. The number of thiophene rings is 1. The van der Waals surface area contributed by atoms with Gasteiger partial charge in [-0.05, 0) is 25.5 Å². The van der Waals surface area contributed by atoms with E-state index in [4.69, 9.17) is 28.9 Å². The summed E-state index contributed by atoms with van der Waals surface area (Å²) in [6.07, 6.45) is 1.77. The Balaban J connectivity index is 2.43. The number of carbonyl (C=O) groups excluding carboxylic acids is 1. The van der Waals surface area contributed by atoms with Gasteiger partial charge in [0, 0.05) is 6.54 Å². The molecular formula is C9H12Cl2N2OS. The fourth-order valence-electron chi connectivity index (χ4n) is 1.06. The smallest absolute Gasteiger partial charge is 0.253 e. The first kappa shape index (κ1) is 12.8. The van der Waals surface area contributed by atoms with E-state index in [1.54, 1.807) is 6.07 Å². The van der Waals surface area contributed by atoms with Gasteiger partial charge in [-0.1, -0.05) is 23.2 Å². The quantitative estimate of drug-likeness (QED) is 0.805. The molecule has 0 unspecified atom stereocenters. The molecule has 15 heavy (non-hydrogen) atoms. The largest absolute Gasteiger partial charge is 0.352 e. The van der Waals surface area contributed by atoms with Gasteiger partial charge in [-0.15, -0.1) is 11.3 Å². The zero-order valence-electron chi connectivity index (χ0n) is 8.06. The Morgan fingerprint density at radius 1 is 1.47 bits per heavy atom. The molecule has 3 N–H and O–H groups in total. The van der Waals surface area contributed by atoms with Crippen molar-refractivity contribution in [3.05, 3.63) is 20.3 Å². The van der Waals surface area contributed by atoms with Crippen molar-refractivity contribution in [1.29, 1.82) is 0 Å². The van der Waals surface area contributed by atoms with Gasteiger partial charge in [0.05, 0.1) is 9.90 Å². The standard InChI is InChI=1S/C9H12Cl2N2OS/c10-7-5-6(8(11)15-7)9(14)13-4-2-1-3-12/h5H,1-4,12H2,(H,13,14). The van der Waals surface area contributed by atoms with Gasteiger partial charge in [-0.3, -0.25) is 4.79 Å². The van der Waals surface area contributed by atoms with Gasteiger partial charge < -0.3 is 11.1 Å². The van der Waals surface area contributed by atoms with Crippen LogP contribution in [0.2, 0.25) is 8.67 Å². The molecule has 0 bridgehead atoms. The molecule has 0 fully saturated rings. The second kappa shape index (κ2) is 6.33. The van der Waals surface area contributed by atoms with Crippen LogP contribution in [0.5, 0.6) is 0 Å². The number of carbonyl (C=O) groups is 1. The summed E-state index contributed by atoms with van der Waals surface area (Å²) in [4.78, 5) is 11.6. The van der Waals surface area contributed by atoms with Crippen molar-refractivity contribution in [3.8, 4) is 0 Å². The molecule has 1 aromatic heterocycles. The average Bonchev–Trinajstić information content (AvgIpc) is 2.52. The molecule has 1 heterocycles. The Bertz CT molecular complexity index is 341. The van der Waals surface area contributed by atoms with E-state index in [9.17, 15) is 4.79 Å². The summed E-state index contributed by atoms with van der Waals surface area (Å²) in [7, 11) is 0. The summed E-state index contributed by atoms with van der Waals surface area (Å²) in [6.45, 7) is 1.25. The predicted octanol–water partition coefficient (Wildman–Crippen LogP) is 2.52. The van der Waals surface area contributed by atoms with Gasteiger partial charge in [-0.2, -0.15) is 0 Å². The fourth-order valence-corrected chi connectivity index (χ4v) is 2.52. The number of hydrogen-bond acceptors (Lipinski definition) is 3. The lowest BCUT2D eigenvalue weighted by molar-refractivity contribution is 0.0953. The highest BCUT2D eigenvalue weighted by Gasteiger charge is 2.13. The van der Waals surface area contributed by atoms with E-state index in [0.29, 0.717) is 27.3 Å². The van der Waals surface area contributed by atoms with Crippen molar-refractivity contribution in [2.75, 3.05) is 13.1 Å². The van der Waals surface area contributed by atoms with E-state index >= 15 is 0 Å². The van der Waals surface area contributed by atoms with Crippen molar-refractivity contribution in [2.45, 2.75) is 12.8 Å². The van der Waals surface area contributed by atoms with Crippen LogP contribution >= 0.6 is 34.5 Å². The Morgan fingerprint density at radius 3 is 2.73 bits per heavy atom. The second-order valence-electron chi connectivity index (χ2n) is 2.99. The van der Waals surface area contributed by atoms with Crippen LogP contribution in [0.25, 0.3) is 0 Å². The molecule has 0 saturated heterocycles. The molecule has 0 saturated carbocycles. The highest BCUT2D eigenvalue weighted by molar-refractivity contribution is 7.20. The third-order valence-electron chi connectivity index (χ3n) is 1.82. The number of halogens is 2. The zero-order chi connectivity index (χ0) is 11.3. The minimum atomic E-state index is -0.180. The summed E-state index contributed by atoms with van der Waals surface area (Å²) in [5, 5.41) is 2.76. The predicted molar refractivity (Wildman–Crippen MR) is 65.0 cm³/mol. The molecule has 0 aliphatic heterocycles. The first-order valence-corrected chi connectivity index (χ1v) is 6.15. The van der Waals surface area contributed by atoms with E-state index in [1.807, 2.05) is 0 Å². The molecule has 3 nitrogen and oxygen atoms in total. The van der Waals surface area contributed by atoms with Crippen LogP contribution in [0.15, 0.2) is 6.07 Å². The van der Waals surface area contributed by atoms with Crippen LogP contribution in [-0.2, 0) is 0 Å². The molecule has 0 aromatic carbocycles. The van der Waals surface area contributed by atoms with Crippen LogP contribution in [0, 0.1) is 0 Å². The number of unbranched alkanes of at least 4 members (excludes halogenated alkanes) is 1. The Hall–Kier alpha value is -0.290. The minimum absolute atomic E-state index is 0.180. The van der Waals surface area contributed by atoms with Gasteiger partial charge in [0.2, 0.25) is 0 Å². The number of nitrogens with one attached hydrogen (secondary N) is 1. The lowest BCUT2D eigenvalue weighted by Crippen LogP contribution is -2.24. The summed E-state index contributed by atoms with van der Waals surface area (Å²) in [6, 6.07) is 1.58. The summed E-state index contributed by atoms with van der Waals surface area (Å²) in [5.41, 5.74) is 5.78. The normalized spacial score (nSPS) is 10.3. The lowest BCUT2D eigenvalue weighted by Gasteiger charge is -2.02. The van der Waals surface area contributed by atoms with Crippen LogP contribution in [0.4, 0.5) is 0 Å². The van der Waals surface area contributed by atoms with Crippen molar-refractivity contribution in [1.82, 2.24) is 5.32 Å². The van der Waals surface area contributed by atoms with Gasteiger partial charge in [0.15, 0.2) is 0 Å². The summed E-state index contributed by atoms with van der Waals surface area (Å²) >= 11 is 12.8. The molecule has 0 aliphatic rings. The Kier molecular flexibility index (Phi) is 5.39. The molecule has 0 aliphatic carbocycles. The van der Waals surface area contributed by atoms with Crippen molar-refractivity contribution in [2.24, 2.45) is 5.73 Å². The topological polar surface area (TPSA) is 55.1 Å². The van der Waals surface area contributed by atoms with Gasteiger partial charge in [0.25, 0.3) is 5.91 Å². The van der Waals surface area contributed by atoms with E-state index in [2.05, 4.69) is 5.32 Å². The van der Waals surface area contributed by atoms with E-state index in [0.717, 1.165) is 12.8 Å². The Labute approximate surface area is 103 Å². The maximum Gasteiger partial charge on any atom is 0.253 e. The van der Waals surface area contributed by atoms with Crippen LogP contribution in [-0.4, -0.2) is 19.0 Å². The molecule has 0 spiro atoms. The first-order chi connectivity index (χ1) is 7.15. The molecule has 0 atom stereocenters. The van der Waals surface area contributed by atoms with Crippen molar-refractivity contribution >= 4 is 40.4 Å². The highest BCUT2D eigenvalue weighted by Crippen LogP contribution is 2.30. The van der Waals surface area contributed by atoms with Gasteiger partial charge in [-0.25, -0.2) is 0 Å². The highest BCUT2D eigenvalue weighted by atomic mass is 35.5. The molecule has 0 radical (unpaired) electrons. The van der Waals surface area contributed by atoms with E-state index in [1.165, 1.54) is 11.3 Å². The summed E-state index contributed by atoms with van der Waals surface area (Å²) < 4.78 is 0.948. The minimum Gasteiger partial charge on any atom is -0.352 e.